The summed E-state index contributed by atoms with van der Waals surface area (Å²) in [4.78, 5) is 8.23. The number of hydrogen-bond donors (Lipinski definition) is 1. The number of aromatic nitrogens is 2. The molecular formula is C14H16ClN3. The van der Waals surface area contributed by atoms with E-state index in [4.69, 9.17) is 11.6 Å². The minimum Gasteiger partial charge on any atom is -0.362 e. The molecule has 4 heteroatoms. The highest BCUT2D eigenvalue weighted by molar-refractivity contribution is 6.33. The molecule has 94 valence electrons. The van der Waals surface area contributed by atoms with Crippen molar-refractivity contribution in [3.05, 3.63) is 52.4 Å². The number of hydrogen-bond acceptors (Lipinski definition) is 3. The molecule has 18 heavy (non-hydrogen) atoms. The van der Waals surface area contributed by atoms with Gasteiger partial charge in [-0.25, -0.2) is 9.97 Å². The summed E-state index contributed by atoms with van der Waals surface area (Å²) in [7, 11) is 0. The van der Waals surface area contributed by atoms with Crippen LogP contribution >= 0.6 is 11.6 Å². The third-order valence-electron chi connectivity index (χ3n) is 2.97. The molecule has 2 aromatic rings. The van der Waals surface area contributed by atoms with E-state index in [0.29, 0.717) is 10.8 Å². The van der Waals surface area contributed by atoms with Crippen molar-refractivity contribution in [1.82, 2.24) is 9.97 Å². The second-order valence-corrected chi connectivity index (χ2v) is 4.72. The van der Waals surface area contributed by atoms with Crippen molar-refractivity contribution in [2.24, 2.45) is 0 Å². The van der Waals surface area contributed by atoms with Crippen LogP contribution in [0.25, 0.3) is 0 Å². The molecule has 0 radical (unpaired) electrons. The standard InChI is InChI=1S/C14H16ClN3/c1-9-6-4-5-7-12(9)10(2)18-14-13(15)11(3)16-8-17-14/h4-8,10H,1-3H3,(H,16,17,18). The van der Waals surface area contributed by atoms with Crippen LogP contribution in [0.1, 0.15) is 29.8 Å². The lowest BCUT2D eigenvalue weighted by molar-refractivity contribution is 0.861. The SMILES string of the molecule is Cc1ccccc1C(C)Nc1ncnc(C)c1Cl. The maximum absolute atomic E-state index is 6.18. The molecule has 1 unspecified atom stereocenters. The summed E-state index contributed by atoms with van der Waals surface area (Å²) in [6.07, 6.45) is 1.52. The van der Waals surface area contributed by atoms with E-state index in [0.717, 1.165) is 5.69 Å². The third kappa shape index (κ3) is 2.62. The molecule has 3 nitrogen and oxygen atoms in total. The fraction of sp³-hybridized carbons (Fsp3) is 0.286. The topological polar surface area (TPSA) is 37.8 Å². The first-order chi connectivity index (χ1) is 8.59. The van der Waals surface area contributed by atoms with Gasteiger partial charge in [-0.1, -0.05) is 35.9 Å². The predicted octanol–water partition coefficient (Wildman–Crippen LogP) is 3.92. The number of rotatable bonds is 3. The average molecular weight is 262 g/mol. The van der Waals surface area contributed by atoms with E-state index in [1.165, 1.54) is 17.5 Å². The maximum Gasteiger partial charge on any atom is 0.148 e. The Morgan fingerprint density at radius 1 is 1.17 bits per heavy atom. The van der Waals surface area contributed by atoms with Gasteiger partial charge in [-0.05, 0) is 31.9 Å². The van der Waals surface area contributed by atoms with Gasteiger partial charge in [0.2, 0.25) is 0 Å². The van der Waals surface area contributed by atoms with E-state index in [1.807, 2.05) is 19.1 Å². The van der Waals surface area contributed by atoms with E-state index >= 15 is 0 Å². The molecule has 1 N–H and O–H groups in total. The summed E-state index contributed by atoms with van der Waals surface area (Å²) in [5, 5.41) is 3.91. The Balaban J connectivity index is 2.24. The van der Waals surface area contributed by atoms with Gasteiger partial charge in [0.15, 0.2) is 0 Å². The van der Waals surface area contributed by atoms with Gasteiger partial charge < -0.3 is 5.32 Å². The molecule has 1 heterocycles. The number of nitrogens with one attached hydrogen (secondary N) is 1. The normalized spacial score (nSPS) is 12.2. The van der Waals surface area contributed by atoms with E-state index in [9.17, 15) is 0 Å². The van der Waals surface area contributed by atoms with Crippen LogP contribution < -0.4 is 5.32 Å². The number of anilines is 1. The molecule has 0 fully saturated rings. The van der Waals surface area contributed by atoms with Gasteiger partial charge >= 0.3 is 0 Å². The molecule has 1 aromatic heterocycles. The van der Waals surface area contributed by atoms with Crippen molar-refractivity contribution in [2.45, 2.75) is 26.8 Å². The Hall–Kier alpha value is -1.61. The third-order valence-corrected chi connectivity index (χ3v) is 3.42. The summed E-state index contributed by atoms with van der Waals surface area (Å²) >= 11 is 6.18. The van der Waals surface area contributed by atoms with Gasteiger partial charge in [0.25, 0.3) is 0 Å². The van der Waals surface area contributed by atoms with Gasteiger partial charge in [0.05, 0.1) is 11.7 Å². The van der Waals surface area contributed by atoms with E-state index in [-0.39, 0.29) is 6.04 Å². The minimum absolute atomic E-state index is 0.151. The Morgan fingerprint density at radius 2 is 1.89 bits per heavy atom. The fourth-order valence-electron chi connectivity index (χ4n) is 1.91. The lowest BCUT2D eigenvalue weighted by atomic mass is 10.0. The summed E-state index contributed by atoms with van der Waals surface area (Å²) in [6.45, 7) is 6.06. The zero-order valence-corrected chi connectivity index (χ0v) is 11.5. The molecule has 2 rings (SSSR count). The van der Waals surface area contributed by atoms with E-state index in [2.05, 4.69) is 41.3 Å². The average Bonchev–Trinajstić information content (AvgIpc) is 2.35. The lowest BCUT2D eigenvalue weighted by Crippen LogP contribution is -2.10. The second-order valence-electron chi connectivity index (χ2n) is 4.34. The Labute approximate surface area is 112 Å². The number of benzene rings is 1. The largest absolute Gasteiger partial charge is 0.362 e. The number of nitrogens with zero attached hydrogens (tertiary/aromatic N) is 2. The highest BCUT2D eigenvalue weighted by Gasteiger charge is 2.11. The van der Waals surface area contributed by atoms with E-state index < -0.39 is 0 Å². The van der Waals surface area contributed by atoms with Crippen LogP contribution in [-0.2, 0) is 0 Å². The smallest absolute Gasteiger partial charge is 0.148 e. The van der Waals surface area contributed by atoms with Crippen molar-refractivity contribution in [3.63, 3.8) is 0 Å². The first-order valence-electron chi connectivity index (χ1n) is 5.88. The molecule has 1 atom stereocenters. The van der Waals surface area contributed by atoms with Crippen LogP contribution in [0.4, 0.5) is 5.82 Å². The Kier molecular flexibility index (Phi) is 3.82. The quantitative estimate of drug-likeness (QED) is 0.910. The first kappa shape index (κ1) is 12.8. The minimum atomic E-state index is 0.151. The fourth-order valence-corrected chi connectivity index (χ4v) is 2.07. The molecule has 0 saturated carbocycles. The van der Waals surface area contributed by atoms with E-state index in [1.54, 1.807) is 0 Å². The highest BCUT2D eigenvalue weighted by Crippen LogP contribution is 2.26. The van der Waals surface area contributed by atoms with Gasteiger partial charge in [0.1, 0.15) is 17.2 Å². The van der Waals surface area contributed by atoms with Crippen molar-refractivity contribution in [2.75, 3.05) is 5.32 Å². The zero-order chi connectivity index (χ0) is 13.1. The van der Waals surface area contributed by atoms with Crippen LogP contribution in [0, 0.1) is 13.8 Å². The number of halogens is 1. The van der Waals surface area contributed by atoms with Crippen molar-refractivity contribution in [1.29, 1.82) is 0 Å². The molecule has 0 aliphatic rings. The van der Waals surface area contributed by atoms with Crippen molar-refractivity contribution in [3.8, 4) is 0 Å². The van der Waals surface area contributed by atoms with Gasteiger partial charge in [-0.15, -0.1) is 0 Å². The summed E-state index contributed by atoms with van der Waals surface area (Å²) in [6, 6.07) is 8.42. The Bertz CT molecular complexity index is 554. The van der Waals surface area contributed by atoms with Crippen LogP contribution in [0.5, 0.6) is 0 Å². The van der Waals surface area contributed by atoms with Crippen LogP contribution in [-0.4, -0.2) is 9.97 Å². The molecule has 0 aliphatic carbocycles. The molecule has 0 amide bonds. The van der Waals surface area contributed by atoms with Crippen LogP contribution in [0.3, 0.4) is 0 Å². The van der Waals surface area contributed by atoms with Crippen LogP contribution in [0.2, 0.25) is 5.02 Å². The number of aryl methyl sites for hydroxylation is 2. The van der Waals surface area contributed by atoms with Gasteiger partial charge in [-0.3, -0.25) is 0 Å². The van der Waals surface area contributed by atoms with Gasteiger partial charge in [-0.2, -0.15) is 0 Å². The second kappa shape index (κ2) is 5.36. The summed E-state index contributed by atoms with van der Waals surface area (Å²) in [5.41, 5.74) is 3.27. The molecule has 0 bridgehead atoms. The molecule has 0 saturated heterocycles. The highest BCUT2D eigenvalue weighted by atomic mass is 35.5. The summed E-state index contributed by atoms with van der Waals surface area (Å²) < 4.78 is 0. The maximum atomic E-state index is 6.18. The van der Waals surface area contributed by atoms with Crippen molar-refractivity contribution < 1.29 is 0 Å². The zero-order valence-electron chi connectivity index (χ0n) is 10.7. The molecular weight excluding hydrogens is 246 g/mol. The lowest BCUT2D eigenvalue weighted by Gasteiger charge is -2.18. The molecule has 1 aromatic carbocycles. The predicted molar refractivity (Wildman–Crippen MR) is 75.0 cm³/mol. The van der Waals surface area contributed by atoms with Crippen LogP contribution in [0.15, 0.2) is 30.6 Å². The Morgan fingerprint density at radius 3 is 2.61 bits per heavy atom. The van der Waals surface area contributed by atoms with Gasteiger partial charge in [0, 0.05) is 0 Å². The monoisotopic (exact) mass is 261 g/mol. The first-order valence-corrected chi connectivity index (χ1v) is 6.26. The molecule has 0 aliphatic heterocycles. The van der Waals surface area contributed by atoms with Crippen molar-refractivity contribution >= 4 is 17.4 Å². The molecule has 0 spiro atoms. The summed E-state index contributed by atoms with van der Waals surface area (Å²) in [5.74, 6) is 0.680.